The number of carbonyl (C=O) groups excluding carboxylic acids is 2. The first kappa shape index (κ1) is 30.8. The van der Waals surface area contributed by atoms with E-state index >= 15 is 0 Å². The average Bonchev–Trinajstić information content (AvgIpc) is 3.01. The molecule has 0 aliphatic heterocycles. The molecule has 232 valence electrons. The van der Waals surface area contributed by atoms with Crippen molar-refractivity contribution in [1.82, 2.24) is 0 Å². The Morgan fingerprint density at radius 2 is 1.68 bits per heavy atom. The molecule has 1 aromatic rings. The lowest BCUT2D eigenvalue weighted by atomic mass is 9.34. The van der Waals surface area contributed by atoms with Gasteiger partial charge in [0.15, 0.2) is 5.78 Å². The molecule has 0 bridgehead atoms. The molecule has 0 aromatic heterocycles. The molecule has 3 saturated carbocycles. The number of nitriles is 1. The third-order valence-corrected chi connectivity index (χ3v) is 13.6. The van der Waals surface area contributed by atoms with Gasteiger partial charge < -0.3 is 9.84 Å². The summed E-state index contributed by atoms with van der Waals surface area (Å²) in [6.07, 6.45) is 14.2. The van der Waals surface area contributed by atoms with Crippen LogP contribution in [0, 0.1) is 49.7 Å². The van der Waals surface area contributed by atoms with E-state index in [1.807, 2.05) is 43.3 Å². The zero-order chi connectivity index (χ0) is 31.8. The largest absolute Gasteiger partial charge is 0.460 e. The number of aliphatic hydroxyl groups is 1. The molecule has 7 atom stereocenters. The van der Waals surface area contributed by atoms with Crippen molar-refractivity contribution >= 4 is 11.8 Å². The number of benzene rings is 1. The van der Waals surface area contributed by atoms with Crippen LogP contribution in [0.3, 0.4) is 0 Å². The van der Waals surface area contributed by atoms with Crippen LogP contribution in [0.2, 0.25) is 0 Å². The molecule has 5 nitrogen and oxygen atoms in total. The highest BCUT2D eigenvalue weighted by Gasteiger charge is 2.67. The molecule has 0 heterocycles. The third kappa shape index (κ3) is 4.13. The topological polar surface area (TPSA) is 87.4 Å². The van der Waals surface area contributed by atoms with Crippen molar-refractivity contribution in [3.8, 4) is 6.07 Å². The monoisotopic (exact) mass is 593 g/mol. The Kier molecular flexibility index (Phi) is 7.10. The van der Waals surface area contributed by atoms with Crippen molar-refractivity contribution < 1.29 is 19.4 Å². The lowest BCUT2D eigenvalue weighted by Gasteiger charge is -2.70. The Morgan fingerprint density at radius 3 is 2.36 bits per heavy atom. The molecule has 0 spiro atoms. The van der Waals surface area contributed by atoms with Gasteiger partial charge in [-0.05, 0) is 104 Å². The predicted octanol–water partition coefficient (Wildman–Crippen LogP) is 7.97. The summed E-state index contributed by atoms with van der Waals surface area (Å²) >= 11 is 0. The highest BCUT2D eigenvalue weighted by Crippen LogP contribution is 2.76. The number of rotatable bonds is 4. The summed E-state index contributed by atoms with van der Waals surface area (Å²) in [5.74, 6) is 0.0895. The molecule has 5 aliphatic carbocycles. The molecule has 1 N–H and O–H groups in total. The van der Waals surface area contributed by atoms with Gasteiger partial charge in [0.2, 0.25) is 0 Å². The van der Waals surface area contributed by atoms with Crippen LogP contribution in [0.5, 0.6) is 0 Å². The number of esters is 1. The fraction of sp³-hybridized carbons (Fsp3) is 0.564. The number of ketones is 1. The van der Waals surface area contributed by atoms with Crippen LogP contribution in [0.1, 0.15) is 92.1 Å². The molecule has 1 aromatic carbocycles. The van der Waals surface area contributed by atoms with E-state index in [2.05, 4.69) is 46.8 Å². The maximum absolute atomic E-state index is 13.7. The van der Waals surface area contributed by atoms with Gasteiger partial charge in [-0.25, -0.2) is 0 Å². The molecule has 6 rings (SSSR count). The van der Waals surface area contributed by atoms with Gasteiger partial charge in [0, 0.05) is 22.5 Å². The van der Waals surface area contributed by atoms with Gasteiger partial charge in [-0.3, -0.25) is 9.59 Å². The van der Waals surface area contributed by atoms with E-state index in [0.717, 1.165) is 61.7 Å². The average molecular weight is 594 g/mol. The number of hydrogen-bond donors (Lipinski definition) is 1. The Balaban J connectivity index is 1.37. The molecule has 5 aliphatic rings. The number of ether oxygens (including phenoxy) is 1. The van der Waals surface area contributed by atoms with E-state index in [-0.39, 0.29) is 40.0 Å². The summed E-state index contributed by atoms with van der Waals surface area (Å²) in [6, 6.07) is 11.9. The van der Waals surface area contributed by atoms with Crippen LogP contribution >= 0.6 is 0 Å². The lowest BCUT2D eigenvalue weighted by molar-refractivity contribution is -0.183. The molecule has 3 fully saturated rings. The number of carbonyl (C=O) groups is 2. The second-order valence-electron chi connectivity index (χ2n) is 15.9. The van der Waals surface area contributed by atoms with E-state index in [9.17, 15) is 20.0 Å². The maximum atomic E-state index is 13.7. The summed E-state index contributed by atoms with van der Waals surface area (Å²) in [6.45, 7) is 13.7. The number of nitrogens with zero attached hydrogens (tertiary/aromatic N) is 1. The van der Waals surface area contributed by atoms with Gasteiger partial charge >= 0.3 is 5.97 Å². The smallest absolute Gasteiger partial charge is 0.312 e. The van der Waals surface area contributed by atoms with Gasteiger partial charge in [0.25, 0.3) is 0 Å². The van der Waals surface area contributed by atoms with E-state index in [4.69, 9.17) is 4.74 Å². The van der Waals surface area contributed by atoms with Gasteiger partial charge in [0.1, 0.15) is 6.61 Å². The van der Waals surface area contributed by atoms with E-state index in [0.29, 0.717) is 18.1 Å². The van der Waals surface area contributed by atoms with E-state index < -0.39 is 10.8 Å². The SMILES string of the molecule is C[C@@]1(C(=O)OCc2ccccc2)CC[C@]2(C)CC[C@]3(C)C4=CC=C5C(=CC(=O)/C(=C\C#N)[C@@]5(C)CO)[C@]4(C)CC[C@@]3(C)[C@@H]2C1. The predicted molar refractivity (Wildman–Crippen MR) is 171 cm³/mol. The van der Waals surface area contributed by atoms with Crippen LogP contribution in [0.4, 0.5) is 0 Å². The first-order valence-electron chi connectivity index (χ1n) is 16.3. The summed E-state index contributed by atoms with van der Waals surface area (Å²) in [5.41, 5.74) is 2.90. The first-order chi connectivity index (χ1) is 20.7. The summed E-state index contributed by atoms with van der Waals surface area (Å²) in [5, 5.41) is 20.0. The fourth-order valence-corrected chi connectivity index (χ4v) is 10.3. The summed E-state index contributed by atoms with van der Waals surface area (Å²) < 4.78 is 5.96. The minimum atomic E-state index is -0.917. The molecular formula is C39H47NO4. The van der Waals surface area contributed by atoms with Gasteiger partial charge in [-0.2, -0.15) is 5.26 Å². The minimum absolute atomic E-state index is 0.0382. The van der Waals surface area contributed by atoms with Crippen molar-refractivity contribution in [3.63, 3.8) is 0 Å². The number of aliphatic hydroxyl groups excluding tert-OH is 1. The van der Waals surface area contributed by atoms with Crippen molar-refractivity contribution in [2.45, 2.75) is 93.1 Å². The Labute approximate surface area is 262 Å². The van der Waals surface area contributed by atoms with Gasteiger partial charge in [-0.15, -0.1) is 0 Å². The molecule has 5 heteroatoms. The second kappa shape index (κ2) is 10.1. The number of fused-ring (bicyclic) bond motifs is 7. The zero-order valence-electron chi connectivity index (χ0n) is 27.3. The number of allylic oxidation sites excluding steroid dienone is 6. The Bertz CT molecular complexity index is 1580. The standard InChI is InChI=1S/C39H47NO4/c1-34-15-16-35(2,33(43)44-24-26-10-8-7-9-11-26)23-32(34)39(6)20-18-36(3)29-22-30(42)28(14-21-40)37(4,25-41)27(29)12-13-31(36)38(39,5)19-17-34/h7-14,22,32,41H,15-20,23-25H2,1-6H3/b28-14+/t32-,34-,35-,36+,37+,38-,39+/m1/s1. The second-order valence-corrected chi connectivity index (χ2v) is 15.9. The quantitative estimate of drug-likeness (QED) is 0.217. The van der Waals surface area contributed by atoms with Gasteiger partial charge in [-0.1, -0.05) is 75.8 Å². The van der Waals surface area contributed by atoms with Crippen molar-refractivity contribution in [1.29, 1.82) is 5.26 Å². The summed E-state index contributed by atoms with van der Waals surface area (Å²) in [4.78, 5) is 27.2. The van der Waals surface area contributed by atoms with Crippen molar-refractivity contribution in [2.75, 3.05) is 6.61 Å². The lowest BCUT2D eigenvalue weighted by Crippen LogP contribution is -2.62. The molecule has 0 amide bonds. The molecule has 44 heavy (non-hydrogen) atoms. The fourth-order valence-electron chi connectivity index (χ4n) is 10.3. The van der Waals surface area contributed by atoms with Gasteiger partial charge in [0.05, 0.1) is 18.1 Å². The number of hydrogen-bond acceptors (Lipinski definition) is 5. The van der Waals surface area contributed by atoms with E-state index in [1.165, 1.54) is 11.6 Å². The minimum Gasteiger partial charge on any atom is -0.460 e. The first-order valence-corrected chi connectivity index (χ1v) is 16.3. The molecule has 0 unspecified atom stereocenters. The highest BCUT2D eigenvalue weighted by molar-refractivity contribution is 6.09. The third-order valence-electron chi connectivity index (χ3n) is 13.6. The van der Waals surface area contributed by atoms with Crippen molar-refractivity contribution in [2.24, 2.45) is 38.4 Å². The molecule has 0 radical (unpaired) electrons. The van der Waals surface area contributed by atoms with Crippen molar-refractivity contribution in [3.05, 3.63) is 82.5 Å². The van der Waals surface area contributed by atoms with Crippen LogP contribution in [0.15, 0.2) is 76.9 Å². The Morgan fingerprint density at radius 1 is 0.977 bits per heavy atom. The summed E-state index contributed by atoms with van der Waals surface area (Å²) in [7, 11) is 0. The normalized spacial score (nSPS) is 42.0. The van der Waals surface area contributed by atoms with Crippen LogP contribution in [-0.4, -0.2) is 23.5 Å². The van der Waals surface area contributed by atoms with Crippen LogP contribution < -0.4 is 0 Å². The Hall–Kier alpha value is -3.23. The van der Waals surface area contributed by atoms with Crippen LogP contribution in [-0.2, 0) is 20.9 Å². The highest BCUT2D eigenvalue weighted by atomic mass is 16.5. The van der Waals surface area contributed by atoms with E-state index in [1.54, 1.807) is 6.08 Å². The molecular weight excluding hydrogens is 546 g/mol. The zero-order valence-corrected chi connectivity index (χ0v) is 27.3. The molecule has 0 saturated heterocycles. The van der Waals surface area contributed by atoms with Crippen LogP contribution in [0.25, 0.3) is 0 Å². The maximum Gasteiger partial charge on any atom is 0.312 e.